The van der Waals surface area contributed by atoms with E-state index < -0.39 is 11.8 Å². The van der Waals surface area contributed by atoms with Crippen LogP contribution in [0.15, 0.2) is 36.4 Å². The van der Waals surface area contributed by atoms with Crippen LogP contribution >= 0.6 is 0 Å². The third kappa shape index (κ3) is 3.22. The zero-order valence-electron chi connectivity index (χ0n) is 11.7. The van der Waals surface area contributed by atoms with Gasteiger partial charge in [0.15, 0.2) is 0 Å². The fourth-order valence-corrected chi connectivity index (χ4v) is 1.87. The third-order valence-electron chi connectivity index (χ3n) is 3.03. The maximum absolute atomic E-state index is 13.8. The quantitative estimate of drug-likeness (QED) is 0.754. The minimum absolute atomic E-state index is 0.0687. The molecule has 110 valence electrons. The van der Waals surface area contributed by atoms with Gasteiger partial charge < -0.3 is 21.1 Å². The van der Waals surface area contributed by atoms with E-state index in [0.29, 0.717) is 5.69 Å². The Morgan fingerprint density at radius 3 is 2.38 bits per heavy atom. The monoisotopic (exact) mass is 289 g/mol. The molecule has 0 heterocycles. The van der Waals surface area contributed by atoms with Crippen molar-refractivity contribution in [3.05, 3.63) is 47.8 Å². The first kappa shape index (κ1) is 14.6. The van der Waals surface area contributed by atoms with Gasteiger partial charge in [0.1, 0.15) is 5.82 Å². The molecule has 0 radical (unpaired) electrons. The number of rotatable bonds is 4. The number of hydrogen-bond donors (Lipinski definition) is 3. The van der Waals surface area contributed by atoms with Crippen LogP contribution in [0.3, 0.4) is 0 Å². The number of nitrogens with two attached hydrogens (primary N) is 1. The van der Waals surface area contributed by atoms with Crippen LogP contribution in [0, 0.1) is 5.82 Å². The van der Waals surface area contributed by atoms with E-state index >= 15 is 0 Å². The number of aromatic carboxylic acids is 1. The van der Waals surface area contributed by atoms with Crippen LogP contribution in [0.5, 0.6) is 0 Å². The molecule has 6 heteroatoms. The Labute approximate surface area is 121 Å². The first-order valence-electron chi connectivity index (χ1n) is 6.25. The fourth-order valence-electron chi connectivity index (χ4n) is 1.87. The topological polar surface area (TPSA) is 78.6 Å². The zero-order chi connectivity index (χ0) is 15.6. The Morgan fingerprint density at radius 1 is 1.24 bits per heavy atom. The Morgan fingerprint density at radius 2 is 1.86 bits per heavy atom. The Balaban J connectivity index is 2.30. The Hall–Kier alpha value is -2.76. The second-order valence-corrected chi connectivity index (χ2v) is 4.79. The summed E-state index contributed by atoms with van der Waals surface area (Å²) in [5.41, 5.74) is 6.97. The second kappa shape index (κ2) is 5.70. The molecule has 2 aromatic rings. The van der Waals surface area contributed by atoms with E-state index in [0.717, 1.165) is 11.8 Å². The lowest BCUT2D eigenvalue weighted by Crippen LogP contribution is -2.08. The van der Waals surface area contributed by atoms with Crippen LogP contribution in [0.25, 0.3) is 0 Å². The average molecular weight is 289 g/mol. The van der Waals surface area contributed by atoms with Crippen molar-refractivity contribution < 1.29 is 14.3 Å². The molecule has 0 atom stereocenters. The highest BCUT2D eigenvalue weighted by Crippen LogP contribution is 2.26. The summed E-state index contributed by atoms with van der Waals surface area (Å²) in [6, 6.07) is 9.50. The van der Waals surface area contributed by atoms with E-state index in [1.54, 1.807) is 12.1 Å². The Bertz CT molecular complexity index is 669. The summed E-state index contributed by atoms with van der Waals surface area (Å²) in [5, 5.41) is 11.9. The maximum Gasteiger partial charge on any atom is 0.337 e. The van der Waals surface area contributed by atoms with Gasteiger partial charge in [-0.3, -0.25) is 0 Å². The van der Waals surface area contributed by atoms with Crippen LogP contribution in [0.1, 0.15) is 10.4 Å². The van der Waals surface area contributed by atoms with Gasteiger partial charge in [0.2, 0.25) is 0 Å². The van der Waals surface area contributed by atoms with Crippen molar-refractivity contribution in [3.63, 3.8) is 0 Å². The van der Waals surface area contributed by atoms with Gasteiger partial charge >= 0.3 is 5.97 Å². The minimum atomic E-state index is -1.20. The Kier molecular flexibility index (Phi) is 3.98. The number of nitrogens with one attached hydrogen (secondary N) is 1. The predicted molar refractivity (Wildman–Crippen MR) is 81.8 cm³/mol. The average Bonchev–Trinajstić information content (AvgIpc) is 2.42. The number of carboxylic acid groups (broad SMARTS) is 1. The van der Waals surface area contributed by atoms with E-state index in [2.05, 4.69) is 5.32 Å². The molecule has 0 saturated carbocycles. The van der Waals surface area contributed by atoms with Gasteiger partial charge in [0, 0.05) is 31.2 Å². The molecule has 0 aliphatic rings. The van der Waals surface area contributed by atoms with E-state index in [1.807, 2.05) is 31.1 Å². The van der Waals surface area contributed by atoms with Crippen molar-refractivity contribution in [2.24, 2.45) is 0 Å². The number of nitrogen functional groups attached to an aromatic ring is 1. The van der Waals surface area contributed by atoms with E-state index in [1.165, 1.54) is 6.07 Å². The molecular weight excluding hydrogens is 273 g/mol. The molecule has 2 aromatic carbocycles. The van der Waals surface area contributed by atoms with Gasteiger partial charge in [-0.1, -0.05) is 0 Å². The highest BCUT2D eigenvalue weighted by Gasteiger charge is 2.13. The second-order valence-electron chi connectivity index (χ2n) is 4.79. The number of hydrogen-bond acceptors (Lipinski definition) is 4. The van der Waals surface area contributed by atoms with Crippen LogP contribution in [0.2, 0.25) is 0 Å². The number of nitrogens with zero attached hydrogens (tertiary/aromatic N) is 1. The predicted octanol–water partition coefficient (Wildman–Crippen LogP) is 2.92. The highest BCUT2D eigenvalue weighted by atomic mass is 19.1. The van der Waals surface area contributed by atoms with E-state index in [-0.39, 0.29) is 16.9 Å². The molecule has 0 saturated heterocycles. The van der Waals surface area contributed by atoms with Gasteiger partial charge in [-0.2, -0.15) is 0 Å². The molecule has 5 nitrogen and oxygen atoms in total. The molecule has 4 N–H and O–H groups in total. The zero-order valence-corrected chi connectivity index (χ0v) is 11.7. The summed E-state index contributed by atoms with van der Waals surface area (Å²) in [5.74, 6) is -1.80. The molecular formula is C15H16FN3O2. The van der Waals surface area contributed by atoms with Crippen LogP contribution in [-0.2, 0) is 0 Å². The highest BCUT2D eigenvalue weighted by molar-refractivity contribution is 5.95. The molecule has 0 bridgehead atoms. The van der Waals surface area contributed by atoms with Gasteiger partial charge in [-0.05, 0) is 36.4 Å². The summed E-state index contributed by atoms with van der Waals surface area (Å²) in [6.45, 7) is 0. The molecule has 21 heavy (non-hydrogen) atoms. The number of benzene rings is 2. The fraction of sp³-hybridized carbons (Fsp3) is 0.133. The van der Waals surface area contributed by atoms with Gasteiger partial charge in [0.25, 0.3) is 0 Å². The summed E-state index contributed by atoms with van der Waals surface area (Å²) in [7, 11) is 3.84. The smallest absolute Gasteiger partial charge is 0.337 e. The van der Waals surface area contributed by atoms with E-state index in [4.69, 9.17) is 10.8 Å². The summed E-state index contributed by atoms with van der Waals surface area (Å²) < 4.78 is 13.8. The number of anilines is 4. The molecule has 0 aliphatic heterocycles. The maximum atomic E-state index is 13.8. The third-order valence-corrected chi connectivity index (χ3v) is 3.03. The first-order valence-corrected chi connectivity index (χ1v) is 6.25. The first-order chi connectivity index (χ1) is 9.88. The molecule has 0 unspecified atom stereocenters. The molecule has 0 spiro atoms. The largest absolute Gasteiger partial charge is 0.478 e. The van der Waals surface area contributed by atoms with Crippen LogP contribution in [0.4, 0.5) is 27.1 Å². The number of carboxylic acids is 1. The van der Waals surface area contributed by atoms with Crippen molar-refractivity contribution in [1.29, 1.82) is 0 Å². The summed E-state index contributed by atoms with van der Waals surface area (Å²) >= 11 is 0. The lowest BCUT2D eigenvalue weighted by molar-refractivity contribution is 0.0698. The molecule has 0 amide bonds. The van der Waals surface area contributed by atoms with Crippen molar-refractivity contribution in [2.75, 3.05) is 30.0 Å². The van der Waals surface area contributed by atoms with E-state index in [9.17, 15) is 9.18 Å². The molecule has 0 fully saturated rings. The summed E-state index contributed by atoms with van der Waals surface area (Å²) in [4.78, 5) is 13.0. The van der Waals surface area contributed by atoms with Gasteiger partial charge in [0.05, 0.1) is 11.3 Å². The lowest BCUT2D eigenvalue weighted by atomic mass is 10.1. The number of carbonyl (C=O) groups is 1. The van der Waals surface area contributed by atoms with Crippen molar-refractivity contribution in [2.45, 2.75) is 0 Å². The lowest BCUT2D eigenvalue weighted by Gasteiger charge is -2.14. The van der Waals surface area contributed by atoms with Crippen molar-refractivity contribution in [3.8, 4) is 0 Å². The number of halogens is 1. The van der Waals surface area contributed by atoms with Crippen molar-refractivity contribution in [1.82, 2.24) is 0 Å². The SMILES string of the molecule is CN(C)c1ccc(Nc2cc(C(=O)O)c(N)cc2F)cc1. The standard InChI is InChI=1S/C15H16FN3O2/c1-19(2)10-5-3-9(4-6-10)18-14-7-11(15(20)21)13(17)8-12(14)16/h3-8,18H,17H2,1-2H3,(H,20,21). The van der Waals surface area contributed by atoms with Crippen LogP contribution in [-0.4, -0.2) is 25.2 Å². The van der Waals surface area contributed by atoms with Gasteiger partial charge in [-0.25, -0.2) is 9.18 Å². The summed E-state index contributed by atoms with van der Waals surface area (Å²) in [6.07, 6.45) is 0. The molecule has 0 aliphatic carbocycles. The minimum Gasteiger partial charge on any atom is -0.478 e. The normalized spacial score (nSPS) is 10.2. The van der Waals surface area contributed by atoms with Crippen molar-refractivity contribution >= 4 is 28.7 Å². The van der Waals surface area contributed by atoms with Gasteiger partial charge in [-0.15, -0.1) is 0 Å². The molecule has 0 aromatic heterocycles. The van der Waals surface area contributed by atoms with Crippen LogP contribution < -0.4 is 16.0 Å². The molecule has 2 rings (SSSR count).